The molecule has 0 saturated carbocycles. The second-order valence-corrected chi connectivity index (χ2v) is 7.18. The summed E-state index contributed by atoms with van der Waals surface area (Å²) in [4.78, 5) is 38.0. The summed E-state index contributed by atoms with van der Waals surface area (Å²) in [6.45, 7) is 1.90. The lowest BCUT2D eigenvalue weighted by Gasteiger charge is -2.15. The van der Waals surface area contributed by atoms with E-state index in [4.69, 9.17) is 9.15 Å². The minimum Gasteiger partial charge on any atom is -0.465 e. The van der Waals surface area contributed by atoms with Crippen LogP contribution in [-0.2, 0) is 28.9 Å². The van der Waals surface area contributed by atoms with Crippen LogP contribution in [-0.4, -0.2) is 36.7 Å². The number of nitrogens with zero attached hydrogens (tertiary/aromatic N) is 1. The number of rotatable bonds is 7. The minimum atomic E-state index is -0.471. The highest BCUT2D eigenvalue weighted by molar-refractivity contribution is 5.98. The molecule has 28 heavy (non-hydrogen) atoms. The minimum absolute atomic E-state index is 0.0155. The zero-order valence-electron chi connectivity index (χ0n) is 16.5. The van der Waals surface area contributed by atoms with Gasteiger partial charge in [-0.25, -0.2) is 4.79 Å². The molecule has 1 aromatic carbocycles. The molecule has 0 N–H and O–H groups in total. The normalized spacial score (nSPS) is 12.5. The highest BCUT2D eigenvalue weighted by Crippen LogP contribution is 2.23. The molecule has 1 aliphatic rings. The van der Waals surface area contributed by atoms with Crippen molar-refractivity contribution in [2.45, 2.75) is 45.6 Å². The van der Waals surface area contributed by atoms with Crippen molar-refractivity contribution >= 4 is 17.7 Å². The second kappa shape index (κ2) is 8.42. The first-order chi connectivity index (χ1) is 13.4. The van der Waals surface area contributed by atoms with Crippen LogP contribution in [0.2, 0.25) is 0 Å². The van der Waals surface area contributed by atoms with Crippen molar-refractivity contribution in [3.05, 3.63) is 58.0 Å². The van der Waals surface area contributed by atoms with Crippen LogP contribution in [0.15, 0.2) is 28.7 Å². The van der Waals surface area contributed by atoms with Gasteiger partial charge in [-0.2, -0.15) is 0 Å². The lowest BCUT2D eigenvalue weighted by Crippen LogP contribution is -2.26. The molecular weight excluding hydrogens is 358 g/mol. The Morgan fingerprint density at radius 3 is 2.61 bits per heavy atom. The molecule has 0 fully saturated rings. The van der Waals surface area contributed by atoms with E-state index >= 15 is 0 Å². The molecule has 1 amide bonds. The number of benzene rings is 1. The SMILES string of the molecule is COC(=O)c1cc(CN(C)C(=O)CCC(=O)c2ccc3c(c2)CCC3)oc1C. The maximum atomic E-state index is 12.4. The number of esters is 1. The van der Waals surface area contributed by atoms with Crippen LogP contribution < -0.4 is 0 Å². The van der Waals surface area contributed by atoms with Crippen molar-refractivity contribution in [3.63, 3.8) is 0 Å². The van der Waals surface area contributed by atoms with E-state index in [1.165, 1.54) is 23.1 Å². The first-order valence-corrected chi connectivity index (χ1v) is 9.45. The van der Waals surface area contributed by atoms with Gasteiger partial charge in [0.15, 0.2) is 5.78 Å². The number of ketones is 1. The first kappa shape index (κ1) is 19.9. The quantitative estimate of drug-likeness (QED) is 0.540. The Labute approximate surface area is 164 Å². The fourth-order valence-corrected chi connectivity index (χ4v) is 3.56. The Bertz CT molecular complexity index is 912. The van der Waals surface area contributed by atoms with Gasteiger partial charge in [-0.05, 0) is 49.4 Å². The van der Waals surface area contributed by atoms with Gasteiger partial charge >= 0.3 is 5.97 Å². The van der Waals surface area contributed by atoms with Crippen molar-refractivity contribution in [3.8, 4) is 0 Å². The molecule has 6 nitrogen and oxygen atoms in total. The lowest BCUT2D eigenvalue weighted by atomic mass is 10.0. The van der Waals surface area contributed by atoms with Gasteiger partial charge in [-0.3, -0.25) is 9.59 Å². The van der Waals surface area contributed by atoms with E-state index in [9.17, 15) is 14.4 Å². The highest BCUT2D eigenvalue weighted by atomic mass is 16.5. The van der Waals surface area contributed by atoms with E-state index in [-0.39, 0.29) is 31.1 Å². The third kappa shape index (κ3) is 4.32. The van der Waals surface area contributed by atoms with E-state index in [1.54, 1.807) is 20.0 Å². The molecule has 0 bridgehead atoms. The standard InChI is InChI=1S/C22H25NO5/c1-14-19(22(26)27-3)12-18(28-14)13-23(2)21(25)10-9-20(24)17-8-7-15-5-4-6-16(15)11-17/h7-8,11-12H,4-6,9-10,13H2,1-3H3. The van der Waals surface area contributed by atoms with E-state index in [2.05, 4.69) is 0 Å². The summed E-state index contributed by atoms with van der Waals surface area (Å²) in [6, 6.07) is 7.45. The van der Waals surface area contributed by atoms with Gasteiger partial charge in [0.2, 0.25) is 5.91 Å². The summed E-state index contributed by atoms with van der Waals surface area (Å²) in [5, 5.41) is 0. The fourth-order valence-electron chi connectivity index (χ4n) is 3.56. The number of ether oxygens (including phenoxy) is 1. The monoisotopic (exact) mass is 383 g/mol. The van der Waals surface area contributed by atoms with E-state index in [0.717, 1.165) is 19.3 Å². The van der Waals surface area contributed by atoms with Gasteiger partial charge in [0.25, 0.3) is 0 Å². The molecule has 3 rings (SSSR count). The lowest BCUT2D eigenvalue weighted by molar-refractivity contribution is -0.130. The second-order valence-electron chi connectivity index (χ2n) is 7.18. The largest absolute Gasteiger partial charge is 0.465 e. The molecule has 1 aromatic heterocycles. The number of carbonyl (C=O) groups excluding carboxylic acids is 3. The summed E-state index contributed by atoms with van der Waals surface area (Å²) < 4.78 is 10.2. The number of hydrogen-bond donors (Lipinski definition) is 0. The molecule has 0 unspecified atom stereocenters. The molecule has 1 heterocycles. The summed E-state index contributed by atoms with van der Waals surface area (Å²) in [5.41, 5.74) is 3.61. The Balaban J connectivity index is 1.54. The first-order valence-electron chi connectivity index (χ1n) is 9.45. The molecule has 0 radical (unpaired) electrons. The van der Waals surface area contributed by atoms with Crippen molar-refractivity contribution in [2.75, 3.05) is 14.2 Å². The van der Waals surface area contributed by atoms with Crippen LogP contribution in [0.25, 0.3) is 0 Å². The fraction of sp³-hybridized carbons (Fsp3) is 0.409. The van der Waals surface area contributed by atoms with Gasteiger partial charge in [0, 0.05) is 25.5 Å². The van der Waals surface area contributed by atoms with Gasteiger partial charge in [-0.15, -0.1) is 0 Å². The molecular formula is C22H25NO5. The van der Waals surface area contributed by atoms with Crippen LogP contribution in [0.4, 0.5) is 0 Å². The van der Waals surface area contributed by atoms with Crippen LogP contribution >= 0.6 is 0 Å². The van der Waals surface area contributed by atoms with Crippen molar-refractivity contribution in [1.29, 1.82) is 0 Å². The Morgan fingerprint density at radius 2 is 1.86 bits per heavy atom. The Morgan fingerprint density at radius 1 is 1.11 bits per heavy atom. The molecule has 0 atom stereocenters. The molecule has 2 aromatic rings. The van der Waals surface area contributed by atoms with Crippen LogP contribution in [0.1, 0.15) is 62.6 Å². The number of Topliss-reactive ketones (excluding diaryl/α,β-unsaturated/α-hetero) is 1. The third-order valence-electron chi connectivity index (χ3n) is 5.18. The predicted octanol–water partition coefficient (Wildman–Crippen LogP) is 3.48. The van der Waals surface area contributed by atoms with Crippen molar-refractivity contribution < 1.29 is 23.5 Å². The number of carbonyl (C=O) groups is 3. The van der Waals surface area contributed by atoms with E-state index in [0.29, 0.717) is 22.6 Å². The maximum Gasteiger partial charge on any atom is 0.341 e. The highest BCUT2D eigenvalue weighted by Gasteiger charge is 2.19. The number of hydrogen-bond acceptors (Lipinski definition) is 5. The predicted molar refractivity (Wildman–Crippen MR) is 103 cm³/mol. The average molecular weight is 383 g/mol. The maximum absolute atomic E-state index is 12.4. The smallest absolute Gasteiger partial charge is 0.341 e. The van der Waals surface area contributed by atoms with Crippen molar-refractivity contribution in [1.82, 2.24) is 4.90 Å². The molecule has 0 spiro atoms. The molecule has 0 aliphatic heterocycles. The van der Waals surface area contributed by atoms with Crippen LogP contribution in [0.5, 0.6) is 0 Å². The van der Waals surface area contributed by atoms with Gasteiger partial charge < -0.3 is 14.1 Å². The zero-order chi connectivity index (χ0) is 20.3. The molecule has 0 saturated heterocycles. The van der Waals surface area contributed by atoms with Gasteiger partial charge in [0.05, 0.1) is 13.7 Å². The topological polar surface area (TPSA) is 76.8 Å². The van der Waals surface area contributed by atoms with Gasteiger partial charge in [-0.1, -0.05) is 12.1 Å². The summed E-state index contributed by atoms with van der Waals surface area (Å²) >= 11 is 0. The van der Waals surface area contributed by atoms with E-state index in [1.807, 2.05) is 18.2 Å². The zero-order valence-corrected chi connectivity index (χ0v) is 16.5. The summed E-state index contributed by atoms with van der Waals surface area (Å²) in [5.74, 6) is 0.316. The number of amides is 1. The number of fused-ring (bicyclic) bond motifs is 1. The molecule has 1 aliphatic carbocycles. The van der Waals surface area contributed by atoms with Crippen LogP contribution in [0, 0.1) is 6.92 Å². The van der Waals surface area contributed by atoms with Gasteiger partial charge in [0.1, 0.15) is 17.1 Å². The summed E-state index contributed by atoms with van der Waals surface area (Å²) in [7, 11) is 2.96. The third-order valence-corrected chi connectivity index (χ3v) is 5.18. The number of methoxy groups -OCH3 is 1. The molecule has 148 valence electrons. The Hall–Kier alpha value is -2.89. The number of aryl methyl sites for hydroxylation is 3. The Kier molecular flexibility index (Phi) is 5.97. The van der Waals surface area contributed by atoms with Crippen LogP contribution in [0.3, 0.4) is 0 Å². The van der Waals surface area contributed by atoms with Crippen molar-refractivity contribution in [2.24, 2.45) is 0 Å². The molecule has 6 heteroatoms. The van der Waals surface area contributed by atoms with E-state index < -0.39 is 5.97 Å². The average Bonchev–Trinajstić information content (AvgIpc) is 3.30. The summed E-state index contributed by atoms with van der Waals surface area (Å²) in [6.07, 6.45) is 3.55. The number of furan rings is 1.